The number of esters is 1. The number of nitrogens with zero attached hydrogens (tertiary/aromatic N) is 2. The molecule has 3 aliphatic rings. The van der Waals surface area contributed by atoms with Gasteiger partial charge in [-0.1, -0.05) is 6.58 Å². The Labute approximate surface area is 153 Å². The van der Waals surface area contributed by atoms with Crippen LogP contribution in [0.3, 0.4) is 0 Å². The molecule has 8 nitrogen and oxygen atoms in total. The first-order valence-corrected chi connectivity index (χ1v) is 9.30. The predicted octanol–water partition coefficient (Wildman–Crippen LogP) is -0.134. The van der Waals surface area contributed by atoms with Gasteiger partial charge >= 0.3 is 5.97 Å². The Kier molecular flexibility index (Phi) is 3.99. The molecule has 0 N–H and O–H groups in total. The van der Waals surface area contributed by atoms with E-state index in [1.165, 1.54) is 11.0 Å². The Morgan fingerprint density at radius 2 is 1.81 bits per heavy atom. The monoisotopic (exact) mass is 380 g/mol. The van der Waals surface area contributed by atoms with Crippen LogP contribution in [0.4, 0.5) is 0 Å². The first-order valence-electron chi connectivity index (χ1n) is 8.08. The number of carbonyl (C=O) groups excluding carboxylic acids is 4. The highest BCUT2D eigenvalue weighted by Gasteiger charge is 2.70. The smallest absolute Gasteiger partial charge is 0.331 e. The maximum absolute atomic E-state index is 13.0. The van der Waals surface area contributed by atoms with Crippen LogP contribution >= 0.6 is 0 Å². The highest BCUT2D eigenvalue weighted by atomic mass is 32.2. The molecule has 0 aromatic carbocycles. The number of hydrogen-bond acceptors (Lipinski definition) is 6. The molecular formula is C17H20N2O6S. The minimum atomic E-state index is -1.67. The summed E-state index contributed by atoms with van der Waals surface area (Å²) in [5.74, 6) is -2.53. The number of carbonyl (C=O) groups is 4. The fraction of sp³-hybridized carbons (Fsp3) is 0.529. The van der Waals surface area contributed by atoms with Crippen molar-refractivity contribution in [2.75, 3.05) is 0 Å². The zero-order valence-corrected chi connectivity index (χ0v) is 15.7. The fourth-order valence-corrected chi connectivity index (χ4v) is 5.36. The van der Waals surface area contributed by atoms with Gasteiger partial charge in [0, 0.05) is 12.2 Å². The summed E-state index contributed by atoms with van der Waals surface area (Å²) in [7, 11) is -1.67. The van der Waals surface area contributed by atoms with Gasteiger partial charge in [-0.25, -0.2) is 4.79 Å². The summed E-state index contributed by atoms with van der Waals surface area (Å²) < 4.78 is 17.3. The fourth-order valence-electron chi connectivity index (χ4n) is 3.40. The van der Waals surface area contributed by atoms with Crippen molar-refractivity contribution in [2.24, 2.45) is 0 Å². The summed E-state index contributed by atoms with van der Waals surface area (Å²) in [4.78, 5) is 51.2. The summed E-state index contributed by atoms with van der Waals surface area (Å²) in [6, 6.07) is -2.23. The maximum atomic E-state index is 13.0. The van der Waals surface area contributed by atoms with Crippen molar-refractivity contribution in [3.8, 4) is 0 Å². The van der Waals surface area contributed by atoms with Crippen molar-refractivity contribution in [1.29, 1.82) is 0 Å². The molecule has 0 bridgehead atoms. The lowest BCUT2D eigenvalue weighted by molar-refractivity contribution is -0.174. The van der Waals surface area contributed by atoms with Gasteiger partial charge in [-0.15, -0.1) is 0 Å². The number of rotatable bonds is 4. The second kappa shape index (κ2) is 5.60. The average molecular weight is 380 g/mol. The minimum absolute atomic E-state index is 0.585. The molecule has 0 aliphatic carbocycles. The van der Waals surface area contributed by atoms with Gasteiger partial charge in [0.05, 0.1) is 15.5 Å². The Balaban J connectivity index is 1.92. The summed E-state index contributed by atoms with van der Waals surface area (Å²) in [6.07, 6.45) is 3.59. The molecule has 0 spiro atoms. The largest absolute Gasteiger partial charge is 0.454 e. The van der Waals surface area contributed by atoms with Crippen LogP contribution < -0.4 is 0 Å². The zero-order chi connectivity index (χ0) is 19.6. The lowest BCUT2D eigenvalue weighted by Gasteiger charge is -2.46. The molecule has 0 aromatic heterocycles. The van der Waals surface area contributed by atoms with E-state index in [0.29, 0.717) is 0 Å². The van der Waals surface area contributed by atoms with Crippen LogP contribution in [0.15, 0.2) is 24.8 Å². The first-order chi connectivity index (χ1) is 11.9. The van der Waals surface area contributed by atoms with Gasteiger partial charge in [0.1, 0.15) is 17.0 Å². The highest BCUT2D eigenvalue weighted by molar-refractivity contribution is 7.87. The second-order valence-electron chi connectivity index (χ2n) is 7.49. The molecule has 3 amide bonds. The number of hydrogen-bond donors (Lipinski definition) is 0. The van der Waals surface area contributed by atoms with E-state index >= 15 is 0 Å². The standard InChI is InChI=1S/C17H20N2O6S/c1-6-16(2,3)25-15(23)12-17(4,5)26(24)14-11(13(22)19(12)14)18-9(20)7-8-10(18)21/h6-8,11-12,14H,1H2,2-5H3/t11-,12+,14-,26?/m1/s1. The van der Waals surface area contributed by atoms with E-state index in [9.17, 15) is 23.4 Å². The van der Waals surface area contributed by atoms with Crippen LogP contribution in [0.25, 0.3) is 0 Å². The summed E-state index contributed by atoms with van der Waals surface area (Å²) >= 11 is 0. The van der Waals surface area contributed by atoms with Crippen molar-refractivity contribution in [2.45, 2.75) is 55.5 Å². The van der Waals surface area contributed by atoms with Gasteiger partial charge in [-0.05, 0) is 33.8 Å². The Morgan fingerprint density at radius 1 is 1.27 bits per heavy atom. The molecule has 0 saturated carbocycles. The highest BCUT2D eigenvalue weighted by Crippen LogP contribution is 2.46. The van der Waals surface area contributed by atoms with Gasteiger partial charge in [-0.3, -0.25) is 23.5 Å². The quantitative estimate of drug-likeness (QED) is 0.291. The molecule has 2 fully saturated rings. The molecule has 0 radical (unpaired) electrons. The van der Waals surface area contributed by atoms with E-state index in [-0.39, 0.29) is 0 Å². The van der Waals surface area contributed by atoms with Gasteiger partial charge in [-0.2, -0.15) is 0 Å². The summed E-state index contributed by atoms with van der Waals surface area (Å²) in [5, 5.41) is -0.922. The van der Waals surface area contributed by atoms with E-state index < -0.39 is 62.3 Å². The van der Waals surface area contributed by atoms with Crippen molar-refractivity contribution in [1.82, 2.24) is 9.80 Å². The van der Waals surface area contributed by atoms with E-state index in [1.54, 1.807) is 27.7 Å². The normalized spacial score (nSPS) is 32.5. The van der Waals surface area contributed by atoms with Crippen LogP contribution in [0.1, 0.15) is 27.7 Å². The second-order valence-corrected chi connectivity index (χ2v) is 9.62. The molecule has 1 unspecified atom stereocenters. The third-order valence-electron chi connectivity index (χ3n) is 4.93. The number of imide groups is 1. The topological polar surface area (TPSA) is 101 Å². The lowest BCUT2D eigenvalue weighted by atomic mass is 9.95. The van der Waals surface area contributed by atoms with Crippen LogP contribution in [0.2, 0.25) is 0 Å². The van der Waals surface area contributed by atoms with Crippen molar-refractivity contribution in [3.63, 3.8) is 0 Å². The van der Waals surface area contributed by atoms with Crippen molar-refractivity contribution < 1.29 is 28.1 Å². The van der Waals surface area contributed by atoms with Crippen LogP contribution in [0.5, 0.6) is 0 Å². The number of ether oxygens (including phenoxy) is 1. The molecule has 2 saturated heterocycles. The van der Waals surface area contributed by atoms with Crippen LogP contribution in [-0.4, -0.2) is 65.5 Å². The molecule has 4 atom stereocenters. The SMILES string of the molecule is C=CC(C)(C)OC(=O)[C@@H]1N2C(=O)[C@@H](N3C(=O)C=CC3=O)[C@H]2S(=O)C1(C)C. The molecule has 3 rings (SSSR count). The van der Waals surface area contributed by atoms with Crippen LogP contribution in [0, 0.1) is 0 Å². The molecule has 140 valence electrons. The van der Waals surface area contributed by atoms with Crippen molar-refractivity contribution >= 4 is 34.5 Å². The molecule has 3 aliphatic heterocycles. The van der Waals surface area contributed by atoms with E-state index in [2.05, 4.69) is 6.58 Å². The lowest BCUT2D eigenvalue weighted by Crippen LogP contribution is -2.72. The summed E-state index contributed by atoms with van der Waals surface area (Å²) in [6.45, 7) is 10.1. The van der Waals surface area contributed by atoms with E-state index in [1.807, 2.05) is 0 Å². The Hall–Kier alpha value is -2.29. The van der Waals surface area contributed by atoms with E-state index in [0.717, 1.165) is 17.1 Å². The maximum Gasteiger partial charge on any atom is 0.331 e. The molecule has 9 heteroatoms. The first kappa shape index (κ1) is 18.5. The molecule has 3 heterocycles. The van der Waals surface area contributed by atoms with Gasteiger partial charge in [0.25, 0.3) is 17.7 Å². The minimum Gasteiger partial charge on any atom is -0.454 e. The number of amides is 3. The third kappa shape index (κ3) is 2.37. The van der Waals surface area contributed by atoms with Crippen molar-refractivity contribution in [3.05, 3.63) is 24.8 Å². The van der Waals surface area contributed by atoms with Crippen LogP contribution in [-0.2, 0) is 34.7 Å². The molecule has 0 aromatic rings. The van der Waals surface area contributed by atoms with Gasteiger partial charge in [0.2, 0.25) is 0 Å². The molecule has 26 heavy (non-hydrogen) atoms. The van der Waals surface area contributed by atoms with Gasteiger partial charge < -0.3 is 9.64 Å². The van der Waals surface area contributed by atoms with E-state index in [4.69, 9.17) is 4.74 Å². The third-order valence-corrected chi connectivity index (χ3v) is 7.11. The predicted molar refractivity (Wildman–Crippen MR) is 91.8 cm³/mol. The molecular weight excluding hydrogens is 360 g/mol. The number of fused-ring (bicyclic) bond motifs is 1. The Morgan fingerprint density at radius 3 is 2.31 bits per heavy atom. The Bertz CT molecular complexity index is 781. The zero-order valence-electron chi connectivity index (χ0n) is 14.9. The average Bonchev–Trinajstić information content (AvgIpc) is 2.95. The summed E-state index contributed by atoms with van der Waals surface area (Å²) in [5.41, 5.74) is -0.954. The number of β-lactam (4-membered cyclic amide) rings is 1. The van der Waals surface area contributed by atoms with Gasteiger partial charge in [0.15, 0.2) is 6.04 Å².